The van der Waals surface area contributed by atoms with E-state index in [4.69, 9.17) is 14.2 Å². The molecule has 1 aromatic rings. The number of methoxy groups -OCH3 is 3. The van der Waals surface area contributed by atoms with E-state index >= 15 is 0 Å². The summed E-state index contributed by atoms with van der Waals surface area (Å²) in [6.45, 7) is 0. The number of aromatic nitrogens is 1. The van der Waals surface area contributed by atoms with Gasteiger partial charge < -0.3 is 18.8 Å². The molecule has 0 spiro atoms. The van der Waals surface area contributed by atoms with Gasteiger partial charge in [0.1, 0.15) is 0 Å². The van der Waals surface area contributed by atoms with E-state index in [2.05, 4.69) is 15.9 Å². The smallest absolute Gasteiger partial charge is 0.229 e. The molecule has 0 N–H and O–H groups in total. The van der Waals surface area contributed by atoms with Gasteiger partial charge in [0.2, 0.25) is 5.43 Å². The number of pyridine rings is 1. The molecule has 0 unspecified atom stereocenters. The number of benzene rings is 2. The number of nitrogens with zero attached hydrogens (tertiary/aromatic N) is 1. The van der Waals surface area contributed by atoms with Crippen molar-refractivity contribution in [2.75, 3.05) is 21.3 Å². The van der Waals surface area contributed by atoms with Gasteiger partial charge in [-0.1, -0.05) is 22.0 Å². The Kier molecular flexibility index (Phi) is 5.23. The van der Waals surface area contributed by atoms with Crippen LogP contribution < -0.4 is 19.6 Å². The van der Waals surface area contributed by atoms with Gasteiger partial charge in [-0.3, -0.25) is 4.79 Å². The first kappa shape index (κ1) is 18.3. The fraction of sp³-hybridized carbons (Fsp3) is 0.250. The van der Waals surface area contributed by atoms with E-state index < -0.39 is 0 Å². The maximum absolute atomic E-state index is 12.8. The van der Waals surface area contributed by atoms with Crippen molar-refractivity contribution >= 4 is 15.9 Å². The van der Waals surface area contributed by atoms with Crippen LogP contribution in [-0.4, -0.2) is 25.9 Å². The van der Waals surface area contributed by atoms with Crippen LogP contribution in [0.25, 0.3) is 11.1 Å². The van der Waals surface area contributed by atoms with Crippen LogP contribution in [0.3, 0.4) is 0 Å². The number of fused-ring (bicyclic) bond motifs is 1. The van der Waals surface area contributed by atoms with Gasteiger partial charge in [-0.2, -0.15) is 0 Å². The van der Waals surface area contributed by atoms with Crippen molar-refractivity contribution in [3.05, 3.63) is 62.5 Å². The van der Waals surface area contributed by atoms with E-state index in [1.807, 2.05) is 42.1 Å². The van der Waals surface area contributed by atoms with E-state index in [1.165, 1.54) is 7.11 Å². The monoisotopic (exact) mass is 417 g/mol. The topological polar surface area (TPSA) is 49.7 Å². The molecule has 0 fully saturated rings. The lowest BCUT2D eigenvalue weighted by Gasteiger charge is -2.18. The van der Waals surface area contributed by atoms with Gasteiger partial charge in [0.05, 0.1) is 26.9 Å². The molecular weight excluding hydrogens is 398 g/mol. The van der Waals surface area contributed by atoms with Crippen molar-refractivity contribution < 1.29 is 14.2 Å². The van der Waals surface area contributed by atoms with Crippen molar-refractivity contribution in [2.45, 2.75) is 6.42 Å². The molecular formula is C20H20BrNO4. The first-order valence-electron chi connectivity index (χ1n) is 8.05. The second kappa shape index (κ2) is 7.41. The Balaban J connectivity index is 2.18. The van der Waals surface area contributed by atoms with Crippen molar-refractivity contribution in [3.63, 3.8) is 0 Å². The Morgan fingerprint density at radius 2 is 1.62 bits per heavy atom. The molecule has 0 bridgehead atoms. The number of rotatable bonds is 5. The number of ether oxygens (including phenoxy) is 3. The number of hydrogen-bond donors (Lipinski definition) is 0. The minimum absolute atomic E-state index is 0.104. The molecule has 3 rings (SSSR count). The van der Waals surface area contributed by atoms with Crippen LogP contribution in [0.1, 0.15) is 11.3 Å². The van der Waals surface area contributed by atoms with Crippen LogP contribution in [0.5, 0.6) is 17.2 Å². The Labute approximate surface area is 160 Å². The predicted molar refractivity (Wildman–Crippen MR) is 105 cm³/mol. The van der Waals surface area contributed by atoms with Crippen LogP contribution >= 0.6 is 15.9 Å². The van der Waals surface area contributed by atoms with E-state index in [9.17, 15) is 4.79 Å². The minimum atomic E-state index is -0.104. The molecule has 0 saturated carbocycles. The van der Waals surface area contributed by atoms with Crippen LogP contribution in [-0.2, 0) is 13.5 Å². The van der Waals surface area contributed by atoms with Crippen molar-refractivity contribution in [2.24, 2.45) is 7.05 Å². The van der Waals surface area contributed by atoms with Gasteiger partial charge in [-0.05, 0) is 35.4 Å². The number of aryl methyl sites for hydroxylation is 1. The van der Waals surface area contributed by atoms with Crippen molar-refractivity contribution in [1.29, 1.82) is 0 Å². The Morgan fingerprint density at radius 3 is 2.27 bits per heavy atom. The van der Waals surface area contributed by atoms with Gasteiger partial charge in [0.15, 0.2) is 17.2 Å². The molecule has 136 valence electrons. The van der Waals surface area contributed by atoms with E-state index in [0.29, 0.717) is 29.2 Å². The summed E-state index contributed by atoms with van der Waals surface area (Å²) in [5, 5.41) is 0. The van der Waals surface area contributed by atoms with Gasteiger partial charge in [0, 0.05) is 29.8 Å². The number of hydrogen-bond acceptors (Lipinski definition) is 4. The minimum Gasteiger partial charge on any atom is -0.493 e. The maximum Gasteiger partial charge on any atom is 0.229 e. The average Bonchev–Trinajstić information content (AvgIpc) is 2.65. The Morgan fingerprint density at radius 1 is 0.962 bits per heavy atom. The third-order valence-corrected chi connectivity index (χ3v) is 5.21. The molecule has 1 aromatic carbocycles. The second-order valence-electron chi connectivity index (χ2n) is 5.91. The third-order valence-electron chi connectivity index (χ3n) is 4.48. The van der Waals surface area contributed by atoms with Crippen molar-refractivity contribution in [3.8, 4) is 28.4 Å². The van der Waals surface area contributed by atoms with E-state index in [-0.39, 0.29) is 5.43 Å². The molecule has 0 saturated heterocycles. The molecule has 0 amide bonds. The molecule has 1 heterocycles. The standard InChI is InChI=1S/C20H20BrNO4/c1-22-8-7-12-5-6-16(24-2)20(23)19(12)15(22)9-13-10-17(25-3)18(26-4)11-14(13)21/h5-8,10-11H,9H2,1-4H3. The van der Waals surface area contributed by atoms with Crippen LogP contribution in [0.15, 0.2) is 45.8 Å². The molecule has 0 radical (unpaired) electrons. The highest BCUT2D eigenvalue weighted by atomic mass is 79.9. The van der Waals surface area contributed by atoms with Crippen LogP contribution in [0.2, 0.25) is 0 Å². The molecule has 1 aliphatic heterocycles. The largest absolute Gasteiger partial charge is 0.493 e. The first-order chi connectivity index (χ1) is 12.5. The lowest BCUT2D eigenvalue weighted by Crippen LogP contribution is -2.16. The molecule has 0 atom stereocenters. The highest BCUT2D eigenvalue weighted by Gasteiger charge is 2.19. The summed E-state index contributed by atoms with van der Waals surface area (Å²) in [5.41, 5.74) is 3.34. The summed E-state index contributed by atoms with van der Waals surface area (Å²) >= 11 is 3.60. The molecule has 6 heteroatoms. The lowest BCUT2D eigenvalue weighted by atomic mass is 9.96. The van der Waals surface area contributed by atoms with Gasteiger partial charge in [-0.15, -0.1) is 0 Å². The highest BCUT2D eigenvalue weighted by molar-refractivity contribution is 9.10. The molecule has 0 aromatic heterocycles. The summed E-state index contributed by atoms with van der Waals surface area (Å²) < 4.78 is 18.8. The Bertz CT molecular complexity index is 980. The van der Waals surface area contributed by atoms with Crippen LogP contribution in [0.4, 0.5) is 0 Å². The SMILES string of the molecule is COc1cc(Br)c(Cc2c3c(=O)c(OC)ccc-3ccn2C)cc1OC. The van der Waals surface area contributed by atoms with Crippen LogP contribution in [0, 0.1) is 0 Å². The average molecular weight is 418 g/mol. The lowest BCUT2D eigenvalue weighted by molar-refractivity contribution is 0.354. The van der Waals surface area contributed by atoms with Crippen molar-refractivity contribution in [1.82, 2.24) is 4.57 Å². The summed E-state index contributed by atoms with van der Waals surface area (Å²) in [5.74, 6) is 1.64. The fourth-order valence-electron chi connectivity index (χ4n) is 3.06. The zero-order valence-corrected chi connectivity index (χ0v) is 16.7. The Hall–Kier alpha value is -2.47. The fourth-order valence-corrected chi connectivity index (χ4v) is 3.52. The molecule has 1 aliphatic carbocycles. The normalized spacial score (nSPS) is 10.8. The zero-order valence-electron chi connectivity index (χ0n) is 15.1. The first-order valence-corrected chi connectivity index (χ1v) is 8.85. The highest BCUT2D eigenvalue weighted by Crippen LogP contribution is 2.35. The van der Waals surface area contributed by atoms with Gasteiger partial charge in [-0.25, -0.2) is 0 Å². The molecule has 26 heavy (non-hydrogen) atoms. The van der Waals surface area contributed by atoms with E-state index in [1.54, 1.807) is 20.3 Å². The zero-order chi connectivity index (χ0) is 18.8. The molecule has 5 nitrogen and oxygen atoms in total. The quantitative estimate of drug-likeness (QED) is 0.632. The summed E-state index contributed by atoms with van der Waals surface area (Å²) in [4.78, 5) is 12.8. The second-order valence-corrected chi connectivity index (χ2v) is 6.76. The summed E-state index contributed by atoms with van der Waals surface area (Å²) in [6, 6.07) is 9.34. The third kappa shape index (κ3) is 3.17. The van der Waals surface area contributed by atoms with Gasteiger partial charge in [0.25, 0.3) is 0 Å². The summed E-state index contributed by atoms with van der Waals surface area (Å²) in [6.07, 6.45) is 2.51. The summed E-state index contributed by atoms with van der Waals surface area (Å²) in [7, 11) is 6.65. The number of halogens is 1. The maximum atomic E-state index is 12.8. The predicted octanol–water partition coefficient (Wildman–Crippen LogP) is 3.87. The van der Waals surface area contributed by atoms with E-state index in [0.717, 1.165) is 21.3 Å². The molecule has 2 aliphatic rings. The van der Waals surface area contributed by atoms with Gasteiger partial charge >= 0.3 is 0 Å².